The molecule has 6 nitrogen and oxygen atoms in total. The number of para-hydroxylation sites is 1. The molecular weight excluding hydrogens is 438 g/mol. The van der Waals surface area contributed by atoms with Crippen molar-refractivity contribution < 1.29 is 4.79 Å². The number of halogens is 2. The quantitative estimate of drug-likeness (QED) is 0.570. The summed E-state index contributed by atoms with van der Waals surface area (Å²) in [6.45, 7) is 0.615. The topological polar surface area (TPSA) is 53.7 Å². The highest BCUT2D eigenvalue weighted by atomic mass is 79.9. The minimum absolute atomic E-state index is 0.138. The third-order valence-electron chi connectivity index (χ3n) is 4.08. The number of aromatic nitrogens is 3. The van der Waals surface area contributed by atoms with E-state index < -0.39 is 0 Å². The molecule has 122 valence electrons. The van der Waals surface area contributed by atoms with Crippen molar-refractivity contribution in [3.05, 3.63) is 56.9 Å². The van der Waals surface area contributed by atoms with Crippen molar-refractivity contribution in [3.63, 3.8) is 0 Å². The lowest BCUT2D eigenvalue weighted by molar-refractivity contribution is 0.0732. The van der Waals surface area contributed by atoms with Crippen LogP contribution in [0.1, 0.15) is 16.1 Å². The predicted octanol–water partition coefficient (Wildman–Crippen LogP) is 3.30. The summed E-state index contributed by atoms with van der Waals surface area (Å²) >= 11 is 6.94. The fourth-order valence-corrected chi connectivity index (χ4v) is 3.91. The maximum Gasteiger partial charge on any atom is 0.292 e. The Labute approximate surface area is 155 Å². The van der Waals surface area contributed by atoms with E-state index in [4.69, 9.17) is 0 Å². The maximum absolute atomic E-state index is 12.9. The summed E-state index contributed by atoms with van der Waals surface area (Å²) in [5.74, 6) is -0.138. The Bertz CT molecular complexity index is 955. The van der Waals surface area contributed by atoms with E-state index in [2.05, 4.69) is 48.0 Å². The van der Waals surface area contributed by atoms with Gasteiger partial charge in [0.05, 0.1) is 10.2 Å². The molecule has 0 unspecified atom stereocenters. The number of hydrazine groups is 1. The zero-order valence-electron chi connectivity index (χ0n) is 12.8. The lowest BCUT2D eigenvalue weighted by atomic mass is 10.1. The molecule has 0 spiro atoms. The molecule has 3 heterocycles. The molecule has 3 aromatic rings. The van der Waals surface area contributed by atoms with E-state index >= 15 is 0 Å². The van der Waals surface area contributed by atoms with Gasteiger partial charge < -0.3 is 0 Å². The Morgan fingerprint density at radius 3 is 2.96 bits per heavy atom. The second-order valence-electron chi connectivity index (χ2n) is 5.55. The molecule has 0 fully saturated rings. The summed E-state index contributed by atoms with van der Waals surface area (Å²) in [7, 11) is 1.89. The number of nitrogens with zero attached hydrogens (tertiary/aromatic N) is 5. The lowest BCUT2D eigenvalue weighted by Crippen LogP contribution is -2.48. The predicted molar refractivity (Wildman–Crippen MR) is 98.0 cm³/mol. The molecule has 1 aromatic carbocycles. The molecule has 24 heavy (non-hydrogen) atoms. The van der Waals surface area contributed by atoms with Crippen LogP contribution in [0, 0.1) is 0 Å². The van der Waals surface area contributed by atoms with Gasteiger partial charge in [0.15, 0.2) is 11.3 Å². The number of anilines is 1. The fourth-order valence-electron chi connectivity index (χ4n) is 2.95. The Balaban J connectivity index is 1.70. The molecule has 1 aliphatic rings. The zero-order chi connectivity index (χ0) is 16.8. The number of hydrogen-bond acceptors (Lipinski definition) is 4. The number of carbonyl (C=O) groups excluding carboxylic acids is 1. The van der Waals surface area contributed by atoms with Crippen LogP contribution in [-0.4, -0.2) is 39.1 Å². The van der Waals surface area contributed by atoms with E-state index in [-0.39, 0.29) is 5.91 Å². The monoisotopic (exact) mass is 449 g/mol. The van der Waals surface area contributed by atoms with Gasteiger partial charge in [-0.2, -0.15) is 5.10 Å². The highest BCUT2D eigenvalue weighted by Gasteiger charge is 2.29. The Kier molecular flexibility index (Phi) is 3.80. The van der Waals surface area contributed by atoms with Crippen molar-refractivity contribution in [2.75, 3.05) is 18.6 Å². The molecule has 8 heteroatoms. The van der Waals surface area contributed by atoms with Crippen LogP contribution in [0.3, 0.4) is 0 Å². The van der Waals surface area contributed by atoms with Crippen molar-refractivity contribution in [1.82, 2.24) is 19.6 Å². The third kappa shape index (κ3) is 2.50. The zero-order valence-corrected chi connectivity index (χ0v) is 16.0. The molecule has 4 rings (SSSR count). The Hall–Kier alpha value is -1.93. The van der Waals surface area contributed by atoms with Gasteiger partial charge in [-0.05, 0) is 49.9 Å². The molecule has 0 aliphatic carbocycles. The highest BCUT2D eigenvalue weighted by Crippen LogP contribution is 2.34. The number of carbonyl (C=O) groups is 1. The molecule has 1 aliphatic heterocycles. The molecule has 0 bridgehead atoms. The molecule has 0 saturated carbocycles. The van der Waals surface area contributed by atoms with Crippen molar-refractivity contribution in [2.24, 2.45) is 0 Å². The minimum atomic E-state index is -0.138. The summed E-state index contributed by atoms with van der Waals surface area (Å²) in [5.41, 5.74) is 3.25. The van der Waals surface area contributed by atoms with Crippen LogP contribution in [-0.2, 0) is 6.42 Å². The Morgan fingerprint density at radius 2 is 2.12 bits per heavy atom. The molecule has 0 radical (unpaired) electrons. The van der Waals surface area contributed by atoms with Gasteiger partial charge in [0, 0.05) is 36.5 Å². The number of hydrogen-bond donors (Lipinski definition) is 0. The van der Waals surface area contributed by atoms with Crippen LogP contribution in [0.15, 0.2) is 45.6 Å². The van der Waals surface area contributed by atoms with Crippen LogP contribution in [0.5, 0.6) is 0 Å². The highest BCUT2D eigenvalue weighted by molar-refractivity contribution is 9.10. The van der Waals surface area contributed by atoms with E-state index in [1.807, 2.05) is 24.2 Å². The van der Waals surface area contributed by atoms with Crippen LogP contribution in [0.25, 0.3) is 5.65 Å². The smallest absolute Gasteiger partial charge is 0.284 e. The average Bonchev–Trinajstić information content (AvgIpc) is 2.97. The molecule has 2 aromatic heterocycles. The second kappa shape index (κ2) is 5.86. The summed E-state index contributed by atoms with van der Waals surface area (Å²) in [6.07, 6.45) is 4.28. The van der Waals surface area contributed by atoms with Gasteiger partial charge in [-0.15, -0.1) is 0 Å². The van der Waals surface area contributed by atoms with Crippen LogP contribution >= 0.6 is 31.9 Å². The first kappa shape index (κ1) is 15.6. The summed E-state index contributed by atoms with van der Waals surface area (Å²) in [5, 5.41) is 7.96. The van der Waals surface area contributed by atoms with Crippen LogP contribution in [0.4, 0.5) is 5.69 Å². The minimum Gasteiger partial charge on any atom is -0.284 e. The van der Waals surface area contributed by atoms with Crippen molar-refractivity contribution >= 4 is 49.1 Å². The van der Waals surface area contributed by atoms with Gasteiger partial charge in [-0.3, -0.25) is 9.80 Å². The van der Waals surface area contributed by atoms with Gasteiger partial charge in [-0.25, -0.2) is 14.5 Å². The van der Waals surface area contributed by atoms with Crippen molar-refractivity contribution in [3.8, 4) is 0 Å². The summed E-state index contributed by atoms with van der Waals surface area (Å²) < 4.78 is 3.39. The number of fused-ring (bicyclic) bond motifs is 2. The fraction of sp³-hybridized carbons (Fsp3) is 0.188. The number of benzene rings is 1. The maximum atomic E-state index is 12.9. The first-order chi connectivity index (χ1) is 11.5. The van der Waals surface area contributed by atoms with Crippen molar-refractivity contribution in [1.29, 1.82) is 0 Å². The lowest BCUT2D eigenvalue weighted by Gasteiger charge is -2.38. The van der Waals surface area contributed by atoms with E-state index in [0.29, 0.717) is 17.9 Å². The molecule has 0 saturated heterocycles. The summed E-state index contributed by atoms with van der Waals surface area (Å²) in [6, 6.07) is 7.79. The van der Waals surface area contributed by atoms with Crippen LogP contribution < -0.4 is 5.01 Å². The molecule has 1 amide bonds. The average molecular weight is 451 g/mol. The molecule has 0 N–H and O–H groups in total. The SMILES string of the molecule is CN1c2c(Br)cccc2CCN1C(=O)c1cc2ncc(Br)cn2n1. The largest absolute Gasteiger partial charge is 0.292 e. The number of amides is 1. The third-order valence-corrected chi connectivity index (χ3v) is 5.13. The van der Waals surface area contributed by atoms with Gasteiger partial charge in [0.25, 0.3) is 5.91 Å². The first-order valence-electron chi connectivity index (χ1n) is 7.38. The second-order valence-corrected chi connectivity index (χ2v) is 7.32. The van der Waals surface area contributed by atoms with E-state index in [9.17, 15) is 4.79 Å². The standard InChI is InChI=1S/C16H13Br2N5O/c1-21-15-10(3-2-4-12(15)18)5-6-23(21)16(24)13-7-14-19-8-11(17)9-22(14)20-13/h2-4,7-9H,5-6H2,1H3. The van der Waals surface area contributed by atoms with Crippen LogP contribution in [0.2, 0.25) is 0 Å². The van der Waals surface area contributed by atoms with Gasteiger partial charge >= 0.3 is 0 Å². The van der Waals surface area contributed by atoms with Gasteiger partial charge in [-0.1, -0.05) is 12.1 Å². The molecular formula is C16H13Br2N5O. The van der Waals surface area contributed by atoms with Crippen molar-refractivity contribution in [2.45, 2.75) is 6.42 Å². The van der Waals surface area contributed by atoms with E-state index in [1.54, 1.807) is 28.0 Å². The van der Waals surface area contributed by atoms with Gasteiger partial charge in [0.2, 0.25) is 0 Å². The normalized spacial score (nSPS) is 14.1. The Morgan fingerprint density at radius 1 is 1.29 bits per heavy atom. The number of rotatable bonds is 1. The van der Waals surface area contributed by atoms with E-state index in [0.717, 1.165) is 21.1 Å². The summed E-state index contributed by atoms with van der Waals surface area (Å²) in [4.78, 5) is 17.2. The van der Waals surface area contributed by atoms with E-state index in [1.165, 1.54) is 5.56 Å². The first-order valence-corrected chi connectivity index (χ1v) is 8.97. The molecule has 0 atom stereocenters. The van der Waals surface area contributed by atoms with Gasteiger partial charge in [0.1, 0.15) is 0 Å².